The van der Waals surface area contributed by atoms with Gasteiger partial charge in [0.25, 0.3) is 0 Å². The van der Waals surface area contributed by atoms with Crippen molar-refractivity contribution in [1.82, 2.24) is 15.1 Å². The van der Waals surface area contributed by atoms with Crippen molar-refractivity contribution in [1.29, 1.82) is 0 Å². The number of carbonyl (C=O) groups excluding carboxylic acids is 1. The van der Waals surface area contributed by atoms with E-state index in [2.05, 4.69) is 5.32 Å². The summed E-state index contributed by atoms with van der Waals surface area (Å²) in [5.41, 5.74) is -0.385. The number of fused-ring (bicyclic) bond motifs is 1. The standard InChI is InChI=1S/C12H21N3O3/c1-12(2,5-10(16)17)8-14-7-9-6-13-3-4-15(9)11(14)18/h9,13H,3-8H2,1-2H3,(H,16,17)/t9-/m0/s1. The van der Waals surface area contributed by atoms with Crippen LogP contribution < -0.4 is 5.32 Å². The van der Waals surface area contributed by atoms with Crippen LogP contribution in [0.25, 0.3) is 0 Å². The molecule has 2 aliphatic heterocycles. The molecule has 0 saturated carbocycles. The molecule has 2 rings (SSSR count). The molecule has 6 nitrogen and oxygen atoms in total. The van der Waals surface area contributed by atoms with E-state index in [1.807, 2.05) is 18.7 Å². The van der Waals surface area contributed by atoms with E-state index < -0.39 is 5.97 Å². The van der Waals surface area contributed by atoms with E-state index in [0.717, 1.165) is 19.6 Å². The van der Waals surface area contributed by atoms with Crippen molar-refractivity contribution in [2.75, 3.05) is 32.7 Å². The maximum atomic E-state index is 12.2. The number of piperazine rings is 1. The second kappa shape index (κ2) is 4.76. The highest BCUT2D eigenvalue weighted by molar-refractivity contribution is 5.77. The zero-order valence-electron chi connectivity index (χ0n) is 11.0. The van der Waals surface area contributed by atoms with Gasteiger partial charge in [0.1, 0.15) is 0 Å². The van der Waals surface area contributed by atoms with E-state index in [1.165, 1.54) is 0 Å². The lowest BCUT2D eigenvalue weighted by atomic mass is 9.89. The first kappa shape index (κ1) is 13.1. The summed E-state index contributed by atoms with van der Waals surface area (Å²) in [6, 6.07) is 0.298. The molecular weight excluding hydrogens is 234 g/mol. The molecule has 0 aromatic rings. The third kappa shape index (κ3) is 2.75. The van der Waals surface area contributed by atoms with E-state index in [-0.39, 0.29) is 23.9 Å². The van der Waals surface area contributed by atoms with Gasteiger partial charge in [-0.2, -0.15) is 0 Å². The fourth-order valence-electron chi connectivity index (χ4n) is 2.80. The van der Waals surface area contributed by atoms with Crippen molar-refractivity contribution in [3.63, 3.8) is 0 Å². The van der Waals surface area contributed by atoms with Crippen LogP contribution in [0.5, 0.6) is 0 Å². The maximum Gasteiger partial charge on any atom is 0.320 e. The molecule has 0 radical (unpaired) electrons. The van der Waals surface area contributed by atoms with Crippen molar-refractivity contribution < 1.29 is 14.7 Å². The highest BCUT2D eigenvalue weighted by Gasteiger charge is 2.40. The quantitative estimate of drug-likeness (QED) is 0.752. The lowest BCUT2D eigenvalue weighted by Crippen LogP contribution is -2.50. The summed E-state index contributed by atoms with van der Waals surface area (Å²) in [6.07, 6.45) is 0.0830. The van der Waals surface area contributed by atoms with Crippen LogP contribution in [0.15, 0.2) is 0 Å². The number of hydrogen-bond donors (Lipinski definition) is 2. The molecule has 2 N–H and O–H groups in total. The predicted octanol–water partition coefficient (Wildman–Crippen LogP) is 0.197. The Labute approximate surface area is 107 Å². The molecule has 18 heavy (non-hydrogen) atoms. The molecule has 2 heterocycles. The third-order valence-corrected chi connectivity index (χ3v) is 3.55. The zero-order chi connectivity index (χ0) is 13.3. The average molecular weight is 255 g/mol. The van der Waals surface area contributed by atoms with Gasteiger partial charge >= 0.3 is 12.0 Å². The molecule has 2 saturated heterocycles. The molecule has 0 aromatic carbocycles. The number of carbonyl (C=O) groups is 2. The molecule has 0 unspecified atom stereocenters. The largest absolute Gasteiger partial charge is 0.481 e. The van der Waals surface area contributed by atoms with Gasteiger partial charge in [-0.05, 0) is 5.41 Å². The van der Waals surface area contributed by atoms with Gasteiger partial charge in [0.15, 0.2) is 0 Å². The highest BCUT2D eigenvalue weighted by Crippen LogP contribution is 2.26. The van der Waals surface area contributed by atoms with Crippen molar-refractivity contribution in [3.05, 3.63) is 0 Å². The maximum absolute atomic E-state index is 12.2. The lowest BCUT2D eigenvalue weighted by Gasteiger charge is -2.29. The second-order valence-electron chi connectivity index (χ2n) is 5.95. The Morgan fingerprint density at radius 1 is 1.56 bits per heavy atom. The summed E-state index contributed by atoms with van der Waals surface area (Å²) in [5.74, 6) is -0.814. The number of carboxylic acid groups (broad SMARTS) is 1. The molecule has 2 aliphatic rings. The Hall–Kier alpha value is -1.30. The lowest BCUT2D eigenvalue weighted by molar-refractivity contribution is -0.139. The van der Waals surface area contributed by atoms with Gasteiger partial charge in [-0.3, -0.25) is 4.79 Å². The average Bonchev–Trinajstić information content (AvgIpc) is 2.54. The molecule has 1 atom stereocenters. The Balaban J connectivity index is 1.98. The summed E-state index contributed by atoms with van der Waals surface area (Å²) in [5, 5.41) is 12.1. The predicted molar refractivity (Wildman–Crippen MR) is 66.4 cm³/mol. The summed E-state index contributed by atoms with van der Waals surface area (Å²) in [7, 11) is 0. The minimum absolute atomic E-state index is 0.0555. The summed E-state index contributed by atoms with van der Waals surface area (Å²) >= 11 is 0. The Morgan fingerprint density at radius 3 is 2.89 bits per heavy atom. The molecule has 6 heteroatoms. The summed E-state index contributed by atoms with van der Waals surface area (Å²) in [6.45, 7) is 7.42. The van der Waals surface area contributed by atoms with E-state index in [9.17, 15) is 9.59 Å². The first-order valence-corrected chi connectivity index (χ1v) is 6.37. The molecule has 0 aliphatic carbocycles. The van der Waals surface area contributed by atoms with Gasteiger partial charge in [-0.15, -0.1) is 0 Å². The first-order chi connectivity index (χ1) is 8.39. The number of nitrogens with one attached hydrogen (secondary N) is 1. The minimum atomic E-state index is -0.814. The van der Waals surface area contributed by atoms with Gasteiger partial charge in [0, 0.05) is 32.7 Å². The zero-order valence-corrected chi connectivity index (χ0v) is 11.0. The molecule has 2 fully saturated rings. The van der Waals surface area contributed by atoms with Gasteiger partial charge < -0.3 is 20.2 Å². The normalized spacial score (nSPS) is 24.3. The monoisotopic (exact) mass is 255 g/mol. The number of nitrogens with zero attached hydrogens (tertiary/aromatic N) is 2. The first-order valence-electron chi connectivity index (χ1n) is 6.37. The van der Waals surface area contributed by atoms with Crippen LogP contribution in [0.3, 0.4) is 0 Å². The van der Waals surface area contributed by atoms with Crippen molar-refractivity contribution >= 4 is 12.0 Å². The van der Waals surface area contributed by atoms with E-state index in [0.29, 0.717) is 13.1 Å². The Kier molecular flexibility index (Phi) is 3.47. The molecule has 0 aromatic heterocycles. The van der Waals surface area contributed by atoms with Crippen LogP contribution >= 0.6 is 0 Å². The number of aliphatic carboxylic acids is 1. The van der Waals surface area contributed by atoms with Crippen LogP contribution in [0, 0.1) is 5.41 Å². The smallest absolute Gasteiger partial charge is 0.320 e. The fourth-order valence-corrected chi connectivity index (χ4v) is 2.80. The number of amides is 2. The molecular formula is C12H21N3O3. The number of urea groups is 1. The number of rotatable bonds is 4. The second-order valence-corrected chi connectivity index (χ2v) is 5.95. The van der Waals surface area contributed by atoms with E-state index in [1.54, 1.807) is 4.90 Å². The van der Waals surface area contributed by atoms with Crippen LogP contribution in [-0.4, -0.2) is 65.7 Å². The van der Waals surface area contributed by atoms with Crippen LogP contribution in [0.1, 0.15) is 20.3 Å². The van der Waals surface area contributed by atoms with Crippen LogP contribution in [0.2, 0.25) is 0 Å². The van der Waals surface area contributed by atoms with Crippen molar-refractivity contribution in [2.24, 2.45) is 5.41 Å². The van der Waals surface area contributed by atoms with Gasteiger partial charge in [0.05, 0.1) is 12.5 Å². The van der Waals surface area contributed by atoms with Crippen molar-refractivity contribution in [2.45, 2.75) is 26.3 Å². The number of hydrogen-bond acceptors (Lipinski definition) is 3. The molecule has 0 bridgehead atoms. The minimum Gasteiger partial charge on any atom is -0.481 e. The van der Waals surface area contributed by atoms with E-state index in [4.69, 9.17) is 5.11 Å². The topological polar surface area (TPSA) is 72.9 Å². The van der Waals surface area contributed by atoms with Gasteiger partial charge in [-0.1, -0.05) is 13.8 Å². The Bertz CT molecular complexity index is 356. The molecule has 102 valence electrons. The van der Waals surface area contributed by atoms with Crippen LogP contribution in [-0.2, 0) is 4.79 Å². The fraction of sp³-hybridized carbons (Fsp3) is 0.833. The summed E-state index contributed by atoms with van der Waals surface area (Å²) < 4.78 is 0. The Morgan fingerprint density at radius 2 is 2.28 bits per heavy atom. The highest BCUT2D eigenvalue weighted by atomic mass is 16.4. The van der Waals surface area contributed by atoms with Crippen molar-refractivity contribution in [3.8, 4) is 0 Å². The van der Waals surface area contributed by atoms with Gasteiger partial charge in [0.2, 0.25) is 0 Å². The van der Waals surface area contributed by atoms with Crippen LogP contribution in [0.4, 0.5) is 4.79 Å². The molecule has 2 amide bonds. The molecule has 0 spiro atoms. The number of carboxylic acids is 1. The third-order valence-electron chi connectivity index (χ3n) is 3.55. The summed E-state index contributed by atoms with van der Waals surface area (Å²) in [4.78, 5) is 26.7. The van der Waals surface area contributed by atoms with E-state index >= 15 is 0 Å². The SMILES string of the molecule is CC(C)(CC(=O)O)CN1C[C@@H]2CNCCN2C1=O. The van der Waals surface area contributed by atoms with Gasteiger partial charge in [-0.25, -0.2) is 4.79 Å².